The van der Waals surface area contributed by atoms with Gasteiger partial charge in [-0.2, -0.15) is 0 Å². The summed E-state index contributed by atoms with van der Waals surface area (Å²) in [5.74, 6) is 0.860. The van der Waals surface area contributed by atoms with E-state index < -0.39 is 10.0 Å². The van der Waals surface area contributed by atoms with E-state index in [1.165, 1.54) is 6.07 Å². The monoisotopic (exact) mass is 386 g/mol. The van der Waals surface area contributed by atoms with Crippen LogP contribution in [0.25, 0.3) is 0 Å². The largest absolute Gasteiger partial charge is 0.398 e. The fourth-order valence-corrected chi connectivity index (χ4v) is 4.19. The van der Waals surface area contributed by atoms with Gasteiger partial charge in [0.25, 0.3) is 10.0 Å². The third-order valence-electron chi connectivity index (χ3n) is 2.69. The van der Waals surface area contributed by atoms with Gasteiger partial charge in [-0.25, -0.2) is 8.42 Å². The van der Waals surface area contributed by atoms with Crippen molar-refractivity contribution in [1.82, 2.24) is 0 Å². The van der Waals surface area contributed by atoms with E-state index in [2.05, 4.69) is 20.7 Å². The number of nitrogens with one attached hydrogen (secondary N) is 1. The Morgan fingerprint density at radius 1 is 1.24 bits per heavy atom. The van der Waals surface area contributed by atoms with E-state index in [0.717, 1.165) is 15.1 Å². The van der Waals surface area contributed by atoms with Gasteiger partial charge in [-0.3, -0.25) is 4.72 Å². The second-order valence-electron chi connectivity index (χ2n) is 4.22. The summed E-state index contributed by atoms with van der Waals surface area (Å²) >= 11 is 4.84. The fraction of sp³-hybridized carbons (Fsp3) is 0.143. The number of benzene rings is 2. The van der Waals surface area contributed by atoms with Crippen molar-refractivity contribution in [2.24, 2.45) is 0 Å². The van der Waals surface area contributed by atoms with Gasteiger partial charge in [-0.15, -0.1) is 11.8 Å². The standard InChI is InChI=1S/C14H15BrN2O2S2/c1-2-20-13-6-4-3-5-12(13)17-21(18,19)14-8-7-10(15)9-11(14)16/h3-9,17H,2,16H2,1H3. The number of halogens is 1. The molecule has 0 heterocycles. The molecule has 21 heavy (non-hydrogen) atoms. The Kier molecular flexibility index (Phi) is 5.18. The lowest BCUT2D eigenvalue weighted by molar-refractivity contribution is 0.601. The predicted octanol–water partition coefficient (Wildman–Crippen LogP) is 3.94. The van der Waals surface area contributed by atoms with Crippen LogP contribution in [0.1, 0.15) is 6.92 Å². The summed E-state index contributed by atoms with van der Waals surface area (Å²) in [6.45, 7) is 2.02. The minimum Gasteiger partial charge on any atom is -0.398 e. The Morgan fingerprint density at radius 3 is 2.62 bits per heavy atom. The van der Waals surface area contributed by atoms with Crippen LogP contribution in [0, 0.1) is 0 Å². The summed E-state index contributed by atoms with van der Waals surface area (Å²) in [4.78, 5) is 0.959. The summed E-state index contributed by atoms with van der Waals surface area (Å²) in [6, 6.07) is 12.0. The number of sulfonamides is 1. The van der Waals surface area contributed by atoms with E-state index in [1.54, 1.807) is 36.0 Å². The molecule has 0 bridgehead atoms. The van der Waals surface area contributed by atoms with Crippen molar-refractivity contribution in [3.05, 3.63) is 46.9 Å². The van der Waals surface area contributed by atoms with Crippen LogP contribution in [-0.4, -0.2) is 14.2 Å². The zero-order chi connectivity index (χ0) is 15.5. The van der Waals surface area contributed by atoms with E-state index in [9.17, 15) is 8.42 Å². The zero-order valence-electron chi connectivity index (χ0n) is 11.3. The first-order valence-electron chi connectivity index (χ1n) is 6.23. The molecular formula is C14H15BrN2O2S2. The van der Waals surface area contributed by atoms with Gasteiger partial charge in [-0.05, 0) is 36.1 Å². The van der Waals surface area contributed by atoms with Crippen molar-refractivity contribution in [3.63, 3.8) is 0 Å². The molecule has 0 atom stereocenters. The zero-order valence-corrected chi connectivity index (χ0v) is 14.6. The molecule has 0 aliphatic heterocycles. The third kappa shape index (κ3) is 3.93. The van der Waals surface area contributed by atoms with Crippen molar-refractivity contribution >= 4 is 49.1 Å². The maximum Gasteiger partial charge on any atom is 0.263 e. The lowest BCUT2D eigenvalue weighted by Crippen LogP contribution is -2.15. The molecule has 0 unspecified atom stereocenters. The van der Waals surface area contributed by atoms with Gasteiger partial charge in [0.05, 0.1) is 11.4 Å². The topological polar surface area (TPSA) is 72.2 Å². The Balaban J connectivity index is 2.38. The minimum atomic E-state index is -3.71. The number of para-hydroxylation sites is 1. The molecule has 2 aromatic rings. The van der Waals surface area contributed by atoms with E-state index in [1.807, 2.05) is 19.1 Å². The molecule has 0 radical (unpaired) electrons. The van der Waals surface area contributed by atoms with E-state index in [-0.39, 0.29) is 10.6 Å². The fourth-order valence-electron chi connectivity index (χ4n) is 1.80. The molecule has 0 aliphatic carbocycles. The molecule has 0 saturated heterocycles. The van der Waals surface area contributed by atoms with Crippen molar-refractivity contribution in [3.8, 4) is 0 Å². The van der Waals surface area contributed by atoms with Crippen LogP contribution in [0.4, 0.5) is 11.4 Å². The van der Waals surface area contributed by atoms with Gasteiger partial charge in [0.15, 0.2) is 0 Å². The first-order chi connectivity index (χ1) is 9.94. The molecule has 4 nitrogen and oxygen atoms in total. The third-order valence-corrected chi connectivity index (χ3v) is 5.58. The lowest BCUT2D eigenvalue weighted by atomic mass is 10.3. The van der Waals surface area contributed by atoms with Crippen LogP contribution in [0.15, 0.2) is 56.7 Å². The smallest absolute Gasteiger partial charge is 0.263 e. The molecule has 112 valence electrons. The highest BCUT2D eigenvalue weighted by molar-refractivity contribution is 9.10. The molecular weight excluding hydrogens is 372 g/mol. The SMILES string of the molecule is CCSc1ccccc1NS(=O)(=O)c1ccc(Br)cc1N. The summed E-state index contributed by atoms with van der Waals surface area (Å²) in [5, 5.41) is 0. The average molecular weight is 387 g/mol. The van der Waals surface area contributed by atoms with Gasteiger partial charge in [0.2, 0.25) is 0 Å². The second kappa shape index (κ2) is 6.72. The van der Waals surface area contributed by atoms with Gasteiger partial charge < -0.3 is 5.73 Å². The van der Waals surface area contributed by atoms with Gasteiger partial charge in [0, 0.05) is 9.37 Å². The van der Waals surface area contributed by atoms with Gasteiger partial charge in [-0.1, -0.05) is 35.0 Å². The summed E-state index contributed by atoms with van der Waals surface area (Å²) < 4.78 is 28.3. The number of nitrogen functional groups attached to an aromatic ring is 1. The van der Waals surface area contributed by atoms with Gasteiger partial charge >= 0.3 is 0 Å². The summed E-state index contributed by atoms with van der Waals surface area (Å²) in [6.07, 6.45) is 0. The number of nitrogens with two attached hydrogens (primary N) is 1. The number of hydrogen-bond acceptors (Lipinski definition) is 4. The predicted molar refractivity (Wildman–Crippen MR) is 92.2 cm³/mol. The Morgan fingerprint density at radius 2 is 1.95 bits per heavy atom. The van der Waals surface area contributed by atoms with Gasteiger partial charge in [0.1, 0.15) is 4.90 Å². The normalized spacial score (nSPS) is 11.3. The van der Waals surface area contributed by atoms with Crippen molar-refractivity contribution in [2.75, 3.05) is 16.2 Å². The quantitative estimate of drug-likeness (QED) is 0.602. The van der Waals surface area contributed by atoms with Crippen LogP contribution in [0.5, 0.6) is 0 Å². The van der Waals surface area contributed by atoms with E-state index in [0.29, 0.717) is 5.69 Å². The molecule has 0 fully saturated rings. The van der Waals surface area contributed by atoms with Crippen molar-refractivity contribution in [1.29, 1.82) is 0 Å². The van der Waals surface area contributed by atoms with Crippen LogP contribution in [-0.2, 0) is 10.0 Å². The van der Waals surface area contributed by atoms with Crippen LogP contribution in [0.2, 0.25) is 0 Å². The summed E-state index contributed by atoms with van der Waals surface area (Å²) in [5.41, 5.74) is 6.57. The van der Waals surface area contributed by atoms with Crippen LogP contribution in [0.3, 0.4) is 0 Å². The number of rotatable bonds is 5. The molecule has 7 heteroatoms. The molecule has 0 saturated carbocycles. The molecule has 0 spiro atoms. The summed E-state index contributed by atoms with van der Waals surface area (Å²) in [7, 11) is -3.71. The molecule has 2 aromatic carbocycles. The highest BCUT2D eigenvalue weighted by Gasteiger charge is 2.19. The minimum absolute atomic E-state index is 0.0713. The Bertz CT molecular complexity index is 748. The van der Waals surface area contributed by atoms with Crippen LogP contribution >= 0.6 is 27.7 Å². The highest BCUT2D eigenvalue weighted by atomic mass is 79.9. The van der Waals surface area contributed by atoms with Crippen LogP contribution < -0.4 is 10.5 Å². The van der Waals surface area contributed by atoms with Crippen molar-refractivity contribution < 1.29 is 8.42 Å². The average Bonchev–Trinajstić information content (AvgIpc) is 2.40. The van der Waals surface area contributed by atoms with E-state index in [4.69, 9.17) is 5.73 Å². The molecule has 0 aliphatic rings. The maximum atomic E-state index is 12.5. The molecule has 0 amide bonds. The maximum absolute atomic E-state index is 12.5. The lowest BCUT2D eigenvalue weighted by Gasteiger charge is -2.13. The second-order valence-corrected chi connectivity index (χ2v) is 8.09. The number of thioether (sulfide) groups is 1. The molecule has 0 aromatic heterocycles. The number of anilines is 2. The first-order valence-corrected chi connectivity index (χ1v) is 9.50. The molecule has 2 rings (SSSR count). The Hall–Kier alpha value is -1.18. The number of hydrogen-bond donors (Lipinski definition) is 2. The first kappa shape index (κ1) is 16.2. The van der Waals surface area contributed by atoms with Crippen molar-refractivity contribution in [2.45, 2.75) is 16.7 Å². The highest BCUT2D eigenvalue weighted by Crippen LogP contribution is 2.30. The Labute approximate surface area is 137 Å². The van der Waals surface area contributed by atoms with E-state index >= 15 is 0 Å². The molecule has 3 N–H and O–H groups in total.